The molecule has 4 atom stereocenters. The van der Waals surface area contributed by atoms with Crippen molar-refractivity contribution in [3.8, 4) is 0 Å². The molecule has 1 N–H and O–H groups in total. The molecule has 9 heteroatoms. The fraction of sp³-hybridized carbons (Fsp3) is 0.455. The van der Waals surface area contributed by atoms with Gasteiger partial charge in [-0.25, -0.2) is 0 Å². The molecule has 0 radical (unpaired) electrons. The number of benzene rings is 2. The summed E-state index contributed by atoms with van der Waals surface area (Å²) in [4.78, 5) is 0. The first-order valence-corrected chi connectivity index (χ1v) is 9.69. The Kier molecular flexibility index (Phi) is 6.98. The van der Waals surface area contributed by atoms with Crippen LogP contribution in [0.25, 0.3) is 0 Å². The molecule has 0 spiro atoms. The molecule has 1 aliphatic rings. The van der Waals surface area contributed by atoms with Crippen LogP contribution in [-0.2, 0) is 21.8 Å². The zero-order valence-corrected chi connectivity index (χ0v) is 16.6. The number of alkyl halides is 6. The van der Waals surface area contributed by atoms with Gasteiger partial charge in [-0.1, -0.05) is 30.3 Å². The minimum Gasteiger partial charge on any atom is -0.396 e. The Morgan fingerprint density at radius 2 is 1.55 bits per heavy atom. The van der Waals surface area contributed by atoms with E-state index in [0.717, 1.165) is 5.56 Å². The zero-order chi connectivity index (χ0) is 22.8. The van der Waals surface area contributed by atoms with Crippen molar-refractivity contribution in [2.75, 3.05) is 19.8 Å². The van der Waals surface area contributed by atoms with Crippen molar-refractivity contribution < 1.29 is 40.9 Å². The average Bonchev–Trinajstić information content (AvgIpc) is 2.72. The molecule has 3 nitrogen and oxygen atoms in total. The third-order valence-corrected chi connectivity index (χ3v) is 5.40. The summed E-state index contributed by atoms with van der Waals surface area (Å²) in [5.74, 6) is -0.643. The van der Waals surface area contributed by atoms with Crippen molar-refractivity contribution in [1.29, 1.82) is 0 Å². The molecule has 0 saturated carbocycles. The molecular weight excluding hydrogens is 426 g/mol. The van der Waals surface area contributed by atoms with Gasteiger partial charge >= 0.3 is 12.4 Å². The quantitative estimate of drug-likeness (QED) is 0.606. The second-order valence-electron chi connectivity index (χ2n) is 7.57. The molecule has 1 unspecified atom stereocenters. The number of halogens is 6. The lowest BCUT2D eigenvalue weighted by atomic mass is 9.81. The third-order valence-electron chi connectivity index (χ3n) is 5.40. The highest BCUT2D eigenvalue weighted by atomic mass is 19.4. The van der Waals surface area contributed by atoms with Gasteiger partial charge in [-0.2, -0.15) is 26.3 Å². The van der Waals surface area contributed by atoms with E-state index in [9.17, 15) is 31.4 Å². The monoisotopic (exact) mass is 448 g/mol. The van der Waals surface area contributed by atoms with Crippen LogP contribution >= 0.6 is 0 Å². The second kappa shape index (κ2) is 9.18. The number of ether oxygens (including phenoxy) is 2. The van der Waals surface area contributed by atoms with Gasteiger partial charge in [0.1, 0.15) is 0 Å². The highest BCUT2D eigenvalue weighted by Gasteiger charge is 2.39. The van der Waals surface area contributed by atoms with E-state index in [2.05, 4.69) is 0 Å². The number of rotatable bonds is 5. The lowest BCUT2D eigenvalue weighted by molar-refractivity contribution is -0.143. The summed E-state index contributed by atoms with van der Waals surface area (Å²) < 4.78 is 90.5. The molecule has 0 amide bonds. The van der Waals surface area contributed by atoms with Crippen LogP contribution in [0.1, 0.15) is 41.2 Å². The summed E-state index contributed by atoms with van der Waals surface area (Å²) in [6.45, 7) is 1.58. The molecule has 0 aliphatic carbocycles. The van der Waals surface area contributed by atoms with Gasteiger partial charge in [-0.05, 0) is 36.2 Å². The van der Waals surface area contributed by atoms with Crippen LogP contribution in [0.15, 0.2) is 48.5 Å². The number of hydrogen-bond donors (Lipinski definition) is 1. The van der Waals surface area contributed by atoms with Gasteiger partial charge in [0.15, 0.2) is 0 Å². The summed E-state index contributed by atoms with van der Waals surface area (Å²) >= 11 is 0. The molecule has 2 aromatic rings. The number of aliphatic hydroxyl groups excluding tert-OH is 1. The van der Waals surface area contributed by atoms with Crippen molar-refractivity contribution in [2.24, 2.45) is 5.92 Å². The van der Waals surface area contributed by atoms with Crippen molar-refractivity contribution in [1.82, 2.24) is 0 Å². The Bertz CT molecular complexity index is 834. The molecule has 1 fully saturated rings. The Balaban J connectivity index is 1.92. The maximum absolute atomic E-state index is 13.2. The van der Waals surface area contributed by atoms with Gasteiger partial charge in [-0.3, -0.25) is 0 Å². The van der Waals surface area contributed by atoms with Crippen LogP contribution < -0.4 is 0 Å². The molecule has 0 aromatic heterocycles. The Hall–Kier alpha value is -2.10. The predicted octanol–water partition coefficient (Wildman–Crippen LogP) is 5.59. The summed E-state index contributed by atoms with van der Waals surface area (Å²) in [5, 5.41) is 9.76. The van der Waals surface area contributed by atoms with Crippen LogP contribution in [0.4, 0.5) is 26.3 Å². The van der Waals surface area contributed by atoms with Gasteiger partial charge in [0.2, 0.25) is 0 Å². The zero-order valence-electron chi connectivity index (χ0n) is 16.6. The van der Waals surface area contributed by atoms with Gasteiger partial charge < -0.3 is 14.6 Å². The van der Waals surface area contributed by atoms with Crippen LogP contribution in [0, 0.1) is 5.92 Å². The van der Waals surface area contributed by atoms with Crippen molar-refractivity contribution >= 4 is 0 Å². The fourth-order valence-electron chi connectivity index (χ4n) is 3.85. The Morgan fingerprint density at radius 3 is 2.06 bits per heavy atom. The van der Waals surface area contributed by atoms with Gasteiger partial charge in [-0.15, -0.1) is 0 Å². The van der Waals surface area contributed by atoms with Gasteiger partial charge in [0.05, 0.1) is 36.5 Å². The maximum Gasteiger partial charge on any atom is 0.416 e. The van der Waals surface area contributed by atoms with E-state index in [0.29, 0.717) is 12.1 Å². The molecule has 2 aromatic carbocycles. The minimum atomic E-state index is -4.93. The van der Waals surface area contributed by atoms with Crippen molar-refractivity contribution in [3.05, 3.63) is 70.8 Å². The smallest absolute Gasteiger partial charge is 0.396 e. The van der Waals surface area contributed by atoms with Crippen LogP contribution in [0.5, 0.6) is 0 Å². The first kappa shape index (κ1) is 23.6. The second-order valence-corrected chi connectivity index (χ2v) is 7.57. The summed E-state index contributed by atoms with van der Waals surface area (Å²) in [7, 11) is 0. The fourth-order valence-corrected chi connectivity index (χ4v) is 3.85. The third kappa shape index (κ3) is 5.58. The molecule has 1 saturated heterocycles. The molecular formula is C22H22F6O3. The standard InChI is InChI=1S/C22H22F6O3/c1-13(15-7-17(21(23,24)25)9-18(8-15)22(26,27)28)31-19-12-30-11-16(10-29)20(19)14-5-3-2-4-6-14/h2-9,13,16,19-20,29H,10-12H2,1H3/t13-,16?,19-,20-/m1/s1. The highest BCUT2D eigenvalue weighted by molar-refractivity contribution is 5.35. The first-order chi connectivity index (χ1) is 14.5. The van der Waals surface area contributed by atoms with E-state index in [1.54, 1.807) is 0 Å². The molecule has 0 bridgehead atoms. The lowest BCUT2D eigenvalue weighted by Gasteiger charge is -2.39. The average molecular weight is 448 g/mol. The lowest BCUT2D eigenvalue weighted by Crippen LogP contribution is -2.41. The summed E-state index contributed by atoms with van der Waals surface area (Å²) in [6, 6.07) is 10.5. The normalized spacial score (nSPS) is 23.5. The van der Waals surface area contributed by atoms with Crippen molar-refractivity contribution in [3.63, 3.8) is 0 Å². The Labute approximate surface area is 175 Å². The van der Waals surface area contributed by atoms with E-state index in [1.807, 2.05) is 30.3 Å². The van der Waals surface area contributed by atoms with E-state index in [1.165, 1.54) is 6.92 Å². The topological polar surface area (TPSA) is 38.7 Å². The molecule has 170 valence electrons. The summed E-state index contributed by atoms with van der Waals surface area (Å²) in [6.07, 6.45) is -11.6. The highest BCUT2D eigenvalue weighted by Crippen LogP contribution is 2.40. The largest absolute Gasteiger partial charge is 0.416 e. The molecule has 1 heterocycles. The summed E-state index contributed by atoms with van der Waals surface area (Å²) in [5.41, 5.74) is -2.16. The minimum absolute atomic E-state index is 0.0918. The van der Waals surface area contributed by atoms with E-state index in [4.69, 9.17) is 9.47 Å². The van der Waals surface area contributed by atoms with Crippen LogP contribution in [0.3, 0.4) is 0 Å². The van der Waals surface area contributed by atoms with E-state index < -0.39 is 35.7 Å². The Morgan fingerprint density at radius 1 is 0.968 bits per heavy atom. The van der Waals surface area contributed by atoms with Crippen molar-refractivity contribution in [2.45, 2.75) is 37.4 Å². The SMILES string of the molecule is C[C@@H](O[C@@H]1COCC(CO)[C@H]1c1ccccc1)c1cc(C(F)(F)F)cc(C(F)(F)F)c1. The van der Waals surface area contributed by atoms with Gasteiger partial charge in [0.25, 0.3) is 0 Å². The van der Waals surface area contributed by atoms with E-state index in [-0.39, 0.29) is 43.3 Å². The first-order valence-electron chi connectivity index (χ1n) is 9.69. The van der Waals surface area contributed by atoms with Crippen LogP contribution in [-0.4, -0.2) is 31.0 Å². The number of hydrogen-bond acceptors (Lipinski definition) is 3. The number of aliphatic hydroxyl groups is 1. The van der Waals surface area contributed by atoms with Crippen LogP contribution in [0.2, 0.25) is 0 Å². The maximum atomic E-state index is 13.2. The molecule has 3 rings (SSSR count). The van der Waals surface area contributed by atoms with E-state index >= 15 is 0 Å². The predicted molar refractivity (Wildman–Crippen MR) is 100 cm³/mol. The molecule has 31 heavy (non-hydrogen) atoms. The van der Waals surface area contributed by atoms with Gasteiger partial charge in [0, 0.05) is 18.4 Å². The molecule has 1 aliphatic heterocycles.